The van der Waals surface area contributed by atoms with Gasteiger partial charge in [0.25, 0.3) is 0 Å². The Hall–Kier alpha value is -1.68. The molecule has 0 saturated heterocycles. The van der Waals surface area contributed by atoms with E-state index in [0.29, 0.717) is 16.7 Å². The highest BCUT2D eigenvalue weighted by Crippen LogP contribution is 2.41. The third-order valence-electron chi connectivity index (χ3n) is 3.95. The fourth-order valence-electron chi connectivity index (χ4n) is 3.00. The summed E-state index contributed by atoms with van der Waals surface area (Å²) < 4.78 is 5.91. The van der Waals surface area contributed by atoms with Gasteiger partial charge in [0, 0.05) is 24.6 Å². The van der Waals surface area contributed by atoms with Crippen LogP contribution in [-0.4, -0.2) is 37.3 Å². The van der Waals surface area contributed by atoms with Gasteiger partial charge in [0.1, 0.15) is 11.5 Å². The van der Waals surface area contributed by atoms with Crippen molar-refractivity contribution in [2.24, 2.45) is 0 Å². The number of likely N-dealkylation sites (N-methyl/N-ethyl adjacent to an activating group) is 1. The molecule has 0 aliphatic carbocycles. The van der Waals surface area contributed by atoms with E-state index in [0.717, 1.165) is 35.4 Å². The lowest BCUT2D eigenvalue weighted by molar-refractivity contribution is 0.318. The first kappa shape index (κ1) is 17.2. The molecule has 0 radical (unpaired) electrons. The highest BCUT2D eigenvalue weighted by atomic mass is 35.5. The maximum absolute atomic E-state index is 9.92. The minimum absolute atomic E-state index is 0.232. The van der Waals surface area contributed by atoms with Crippen molar-refractivity contribution in [3.8, 4) is 11.5 Å². The minimum Gasteiger partial charge on any atom is -0.508 e. The monoisotopic (exact) mass is 363 g/mol. The van der Waals surface area contributed by atoms with Crippen molar-refractivity contribution in [1.82, 2.24) is 4.90 Å². The van der Waals surface area contributed by atoms with Gasteiger partial charge < -0.3 is 14.7 Å². The number of halogens is 2. The molecule has 24 heavy (non-hydrogen) atoms. The average molecular weight is 364 g/mol. The second-order valence-corrected chi connectivity index (χ2v) is 6.94. The molecule has 5 heteroatoms. The van der Waals surface area contributed by atoms with Crippen LogP contribution in [0.3, 0.4) is 0 Å². The molecular weight excluding hydrogens is 345 g/mol. The second-order valence-electron chi connectivity index (χ2n) is 6.13. The largest absolute Gasteiger partial charge is 0.508 e. The fourth-order valence-corrected chi connectivity index (χ4v) is 3.32. The van der Waals surface area contributed by atoms with Crippen LogP contribution in [0.4, 0.5) is 0 Å². The summed E-state index contributed by atoms with van der Waals surface area (Å²) >= 11 is 12.4. The molecule has 0 bridgehead atoms. The molecule has 0 fully saturated rings. The molecule has 2 aromatic carbocycles. The molecule has 0 unspecified atom stereocenters. The quantitative estimate of drug-likeness (QED) is 0.846. The molecule has 0 saturated carbocycles. The van der Waals surface area contributed by atoms with Gasteiger partial charge in [0.2, 0.25) is 0 Å². The number of fused-ring (bicyclic) bond motifs is 1. The van der Waals surface area contributed by atoms with Crippen LogP contribution in [0.5, 0.6) is 11.5 Å². The van der Waals surface area contributed by atoms with Crippen molar-refractivity contribution in [3.63, 3.8) is 0 Å². The SMILES string of the molecule is CN(C)CC1=C(c2cccc(O)c2)c2cc(Cl)c(Cl)cc2OCC1. The molecule has 0 amide bonds. The van der Waals surface area contributed by atoms with E-state index in [-0.39, 0.29) is 5.75 Å². The summed E-state index contributed by atoms with van der Waals surface area (Å²) in [5, 5.41) is 10.9. The Bertz CT molecular complexity index is 800. The summed E-state index contributed by atoms with van der Waals surface area (Å²) in [6.07, 6.45) is 0.799. The van der Waals surface area contributed by atoms with E-state index in [1.165, 1.54) is 5.57 Å². The predicted octanol–water partition coefficient (Wildman–Crippen LogP) is 4.85. The predicted molar refractivity (Wildman–Crippen MR) is 99.3 cm³/mol. The number of hydrogen-bond donors (Lipinski definition) is 1. The van der Waals surface area contributed by atoms with E-state index in [9.17, 15) is 5.11 Å². The zero-order valence-electron chi connectivity index (χ0n) is 13.6. The van der Waals surface area contributed by atoms with Crippen LogP contribution in [-0.2, 0) is 0 Å². The van der Waals surface area contributed by atoms with Gasteiger partial charge in [-0.05, 0) is 49.0 Å². The molecule has 3 rings (SSSR count). The third kappa shape index (κ3) is 3.54. The van der Waals surface area contributed by atoms with E-state index < -0.39 is 0 Å². The maximum Gasteiger partial charge on any atom is 0.128 e. The first-order valence-electron chi connectivity index (χ1n) is 7.74. The smallest absolute Gasteiger partial charge is 0.128 e. The molecule has 1 N–H and O–H groups in total. The molecule has 1 aliphatic rings. The lowest BCUT2D eigenvalue weighted by Crippen LogP contribution is -2.17. The van der Waals surface area contributed by atoms with Crippen molar-refractivity contribution in [2.75, 3.05) is 27.2 Å². The van der Waals surface area contributed by atoms with Crippen LogP contribution in [0.15, 0.2) is 42.0 Å². The van der Waals surface area contributed by atoms with E-state index in [2.05, 4.69) is 4.90 Å². The molecule has 0 aromatic heterocycles. The number of hydrogen-bond acceptors (Lipinski definition) is 3. The molecule has 126 valence electrons. The van der Waals surface area contributed by atoms with E-state index >= 15 is 0 Å². The molecule has 0 atom stereocenters. The molecule has 2 aromatic rings. The van der Waals surface area contributed by atoms with E-state index in [1.807, 2.05) is 32.3 Å². The van der Waals surface area contributed by atoms with Gasteiger partial charge in [-0.3, -0.25) is 0 Å². The Kier molecular flexibility index (Phi) is 5.04. The van der Waals surface area contributed by atoms with Gasteiger partial charge in [-0.2, -0.15) is 0 Å². The fraction of sp³-hybridized carbons (Fsp3) is 0.263. The van der Waals surface area contributed by atoms with Crippen LogP contribution in [0.1, 0.15) is 17.5 Å². The van der Waals surface area contributed by atoms with Crippen molar-refractivity contribution in [1.29, 1.82) is 0 Å². The minimum atomic E-state index is 0.232. The summed E-state index contributed by atoms with van der Waals surface area (Å²) in [6, 6.07) is 10.9. The first-order valence-corrected chi connectivity index (χ1v) is 8.49. The Morgan fingerprint density at radius 2 is 1.88 bits per heavy atom. The Morgan fingerprint density at radius 1 is 1.12 bits per heavy atom. The van der Waals surface area contributed by atoms with Crippen LogP contribution in [0.25, 0.3) is 5.57 Å². The van der Waals surface area contributed by atoms with Crippen LogP contribution >= 0.6 is 23.2 Å². The molecule has 0 spiro atoms. The summed E-state index contributed by atoms with van der Waals surface area (Å²) in [7, 11) is 4.07. The number of ether oxygens (including phenoxy) is 1. The van der Waals surface area contributed by atoms with Crippen molar-refractivity contribution >= 4 is 28.8 Å². The van der Waals surface area contributed by atoms with E-state index in [1.54, 1.807) is 18.2 Å². The zero-order chi connectivity index (χ0) is 17.3. The van der Waals surface area contributed by atoms with Gasteiger partial charge in [0.05, 0.1) is 16.7 Å². The third-order valence-corrected chi connectivity index (χ3v) is 4.67. The Balaban J connectivity index is 2.27. The Labute approximate surface area is 152 Å². The van der Waals surface area contributed by atoms with Crippen LogP contribution in [0.2, 0.25) is 10.0 Å². The summed E-state index contributed by atoms with van der Waals surface area (Å²) in [4.78, 5) is 2.13. The lowest BCUT2D eigenvalue weighted by Gasteiger charge is -2.18. The summed E-state index contributed by atoms with van der Waals surface area (Å²) in [6.45, 7) is 1.38. The number of aromatic hydroxyl groups is 1. The Morgan fingerprint density at radius 3 is 2.58 bits per heavy atom. The standard InChI is InChI=1S/C19H19Cl2NO2/c1-22(2)11-13-6-7-24-18-10-17(21)16(20)9-15(18)19(13)12-4-3-5-14(23)8-12/h3-5,8-10,23H,6-7,11H2,1-2H3. The highest BCUT2D eigenvalue weighted by Gasteiger charge is 2.22. The van der Waals surface area contributed by atoms with Crippen molar-refractivity contribution < 1.29 is 9.84 Å². The van der Waals surface area contributed by atoms with Crippen LogP contribution < -0.4 is 4.74 Å². The number of phenolic OH excluding ortho intramolecular Hbond substituents is 1. The lowest BCUT2D eigenvalue weighted by atomic mass is 9.91. The zero-order valence-corrected chi connectivity index (χ0v) is 15.2. The molecule has 1 heterocycles. The van der Waals surface area contributed by atoms with Gasteiger partial charge in [-0.1, -0.05) is 35.3 Å². The first-order chi connectivity index (χ1) is 11.5. The van der Waals surface area contributed by atoms with Crippen molar-refractivity contribution in [3.05, 3.63) is 63.1 Å². The molecule has 3 nitrogen and oxygen atoms in total. The average Bonchev–Trinajstić information content (AvgIpc) is 2.66. The summed E-state index contributed by atoms with van der Waals surface area (Å²) in [5.41, 5.74) is 4.13. The van der Waals surface area contributed by atoms with Crippen LogP contribution in [0, 0.1) is 0 Å². The molecular formula is C19H19Cl2NO2. The number of benzene rings is 2. The molecule has 1 aliphatic heterocycles. The normalized spacial score (nSPS) is 14.4. The number of phenols is 1. The van der Waals surface area contributed by atoms with Gasteiger partial charge in [-0.15, -0.1) is 0 Å². The van der Waals surface area contributed by atoms with E-state index in [4.69, 9.17) is 27.9 Å². The van der Waals surface area contributed by atoms with Gasteiger partial charge in [-0.25, -0.2) is 0 Å². The number of rotatable bonds is 3. The maximum atomic E-state index is 9.92. The summed E-state index contributed by atoms with van der Waals surface area (Å²) in [5.74, 6) is 0.951. The highest BCUT2D eigenvalue weighted by molar-refractivity contribution is 6.42. The number of nitrogens with zero attached hydrogens (tertiary/aromatic N) is 1. The van der Waals surface area contributed by atoms with Gasteiger partial charge >= 0.3 is 0 Å². The van der Waals surface area contributed by atoms with Gasteiger partial charge in [0.15, 0.2) is 0 Å². The topological polar surface area (TPSA) is 32.7 Å². The second kappa shape index (κ2) is 7.06. The van der Waals surface area contributed by atoms with Crippen molar-refractivity contribution in [2.45, 2.75) is 6.42 Å².